The smallest absolute Gasteiger partial charge is 0.331 e. The van der Waals surface area contributed by atoms with E-state index in [0.29, 0.717) is 0 Å². The number of carbonyl (C=O) groups excluding carboxylic acids is 2. The van der Waals surface area contributed by atoms with E-state index in [1.165, 1.54) is 0 Å². The predicted octanol–water partition coefficient (Wildman–Crippen LogP) is -1.43. The van der Waals surface area contributed by atoms with E-state index in [0.717, 1.165) is 0 Å². The number of rotatable bonds is 4. The molecule has 0 saturated heterocycles. The quantitative estimate of drug-likeness (QED) is 0.267. The molecule has 0 fully saturated rings. The first-order valence-electron chi connectivity index (χ1n) is 3.51. The molecule has 0 aliphatic carbocycles. The van der Waals surface area contributed by atoms with Crippen molar-refractivity contribution in [2.24, 2.45) is 11.5 Å². The summed E-state index contributed by atoms with van der Waals surface area (Å²) in [6.45, 7) is 0. The molecular formula is C6H12N2O3S2. The van der Waals surface area contributed by atoms with E-state index in [9.17, 15) is 9.59 Å². The van der Waals surface area contributed by atoms with Crippen LogP contribution in [0.4, 0.5) is 0 Å². The monoisotopic (exact) mass is 224 g/mol. The van der Waals surface area contributed by atoms with Crippen LogP contribution in [0.1, 0.15) is 0 Å². The van der Waals surface area contributed by atoms with E-state index in [2.05, 4.69) is 30.0 Å². The fourth-order valence-corrected chi connectivity index (χ4v) is 0.698. The van der Waals surface area contributed by atoms with Crippen molar-refractivity contribution < 1.29 is 14.3 Å². The van der Waals surface area contributed by atoms with Crippen molar-refractivity contribution >= 4 is 37.2 Å². The van der Waals surface area contributed by atoms with E-state index < -0.39 is 24.0 Å². The predicted molar refractivity (Wildman–Crippen MR) is 54.8 cm³/mol. The number of carbonyl (C=O) groups is 2. The summed E-state index contributed by atoms with van der Waals surface area (Å²) >= 11 is 7.54. The SMILES string of the molecule is NC(CS)C(=O)OC(=O)[C@@H](N)CS. The molecule has 0 amide bonds. The number of thiol groups is 2. The van der Waals surface area contributed by atoms with Gasteiger partial charge in [-0.1, -0.05) is 0 Å². The third-order valence-corrected chi connectivity index (χ3v) is 1.99. The molecule has 0 aromatic heterocycles. The van der Waals surface area contributed by atoms with Crippen LogP contribution in [0.25, 0.3) is 0 Å². The molecule has 4 N–H and O–H groups in total. The van der Waals surface area contributed by atoms with Gasteiger partial charge >= 0.3 is 11.9 Å². The van der Waals surface area contributed by atoms with E-state index in [4.69, 9.17) is 11.5 Å². The van der Waals surface area contributed by atoms with Crippen molar-refractivity contribution in [3.8, 4) is 0 Å². The summed E-state index contributed by atoms with van der Waals surface area (Å²) in [6.07, 6.45) is 0. The minimum absolute atomic E-state index is 0.113. The highest BCUT2D eigenvalue weighted by Gasteiger charge is 2.21. The van der Waals surface area contributed by atoms with Gasteiger partial charge < -0.3 is 16.2 Å². The highest BCUT2D eigenvalue weighted by Crippen LogP contribution is 1.93. The Morgan fingerprint density at radius 3 is 1.62 bits per heavy atom. The van der Waals surface area contributed by atoms with Crippen LogP contribution in [0, 0.1) is 0 Å². The molecule has 0 aromatic carbocycles. The molecule has 0 bridgehead atoms. The van der Waals surface area contributed by atoms with Gasteiger partial charge in [0, 0.05) is 11.5 Å². The van der Waals surface area contributed by atoms with Crippen molar-refractivity contribution in [3.63, 3.8) is 0 Å². The van der Waals surface area contributed by atoms with Gasteiger partial charge in [-0.05, 0) is 0 Å². The molecule has 2 atom stereocenters. The second kappa shape index (κ2) is 6.25. The molecule has 13 heavy (non-hydrogen) atoms. The molecule has 0 aliphatic rings. The summed E-state index contributed by atoms with van der Waals surface area (Å²) < 4.78 is 4.33. The van der Waals surface area contributed by atoms with Crippen LogP contribution in [0.2, 0.25) is 0 Å². The van der Waals surface area contributed by atoms with E-state index in [1.807, 2.05) is 0 Å². The average Bonchev–Trinajstić information content (AvgIpc) is 2.14. The van der Waals surface area contributed by atoms with Gasteiger partial charge in [-0.3, -0.25) is 0 Å². The van der Waals surface area contributed by atoms with Gasteiger partial charge in [0.25, 0.3) is 0 Å². The lowest BCUT2D eigenvalue weighted by Crippen LogP contribution is -2.41. The zero-order valence-corrected chi connectivity index (χ0v) is 8.63. The standard InChI is InChI=1S/C6H12N2O3S2/c7-3(1-12)5(9)11-6(10)4(8)2-13/h3-4,12-13H,1-2,7-8H2/t3-,4?/m0/s1. The number of esters is 2. The lowest BCUT2D eigenvalue weighted by atomic mass is 10.3. The maximum atomic E-state index is 10.9. The highest BCUT2D eigenvalue weighted by atomic mass is 32.1. The molecule has 0 aromatic rings. The van der Waals surface area contributed by atoms with Gasteiger partial charge in [0.05, 0.1) is 0 Å². The van der Waals surface area contributed by atoms with Crippen LogP contribution in [-0.4, -0.2) is 35.5 Å². The minimum atomic E-state index is -0.903. The molecule has 0 spiro atoms. The Morgan fingerprint density at radius 2 is 1.38 bits per heavy atom. The fraction of sp³-hybridized carbons (Fsp3) is 0.667. The Morgan fingerprint density at radius 1 is 1.08 bits per heavy atom. The lowest BCUT2D eigenvalue weighted by molar-refractivity contribution is -0.160. The van der Waals surface area contributed by atoms with Crippen molar-refractivity contribution in [2.75, 3.05) is 11.5 Å². The average molecular weight is 224 g/mol. The van der Waals surface area contributed by atoms with Crippen LogP contribution in [0.3, 0.4) is 0 Å². The second-order valence-corrected chi connectivity index (χ2v) is 3.05. The van der Waals surface area contributed by atoms with Crippen molar-refractivity contribution in [1.82, 2.24) is 0 Å². The largest absolute Gasteiger partial charge is 0.391 e. The number of nitrogens with two attached hydrogens (primary N) is 2. The maximum absolute atomic E-state index is 10.9. The zero-order chi connectivity index (χ0) is 10.4. The number of hydrogen-bond acceptors (Lipinski definition) is 7. The van der Waals surface area contributed by atoms with E-state index >= 15 is 0 Å². The van der Waals surface area contributed by atoms with Gasteiger partial charge in [-0.25, -0.2) is 9.59 Å². The summed E-state index contributed by atoms with van der Waals surface area (Å²) in [5, 5.41) is 0. The molecule has 1 unspecified atom stereocenters. The molecular weight excluding hydrogens is 212 g/mol. The first-order chi connectivity index (χ1) is 6.02. The Balaban J connectivity index is 3.99. The number of ether oxygens (including phenoxy) is 1. The van der Waals surface area contributed by atoms with E-state index in [-0.39, 0.29) is 11.5 Å². The Kier molecular flexibility index (Phi) is 6.13. The molecule has 0 rings (SSSR count). The first kappa shape index (κ1) is 12.8. The Labute approximate surface area is 87.0 Å². The molecule has 7 heteroatoms. The molecule has 0 heterocycles. The van der Waals surface area contributed by atoms with Gasteiger partial charge in [-0.15, -0.1) is 0 Å². The third kappa shape index (κ3) is 4.51. The first-order valence-corrected chi connectivity index (χ1v) is 4.77. The molecule has 0 saturated carbocycles. The Hall–Kier alpha value is -0.240. The van der Waals surface area contributed by atoms with Gasteiger partial charge in [-0.2, -0.15) is 25.3 Å². The van der Waals surface area contributed by atoms with Crippen LogP contribution in [0.5, 0.6) is 0 Å². The Bertz CT molecular complexity index is 180. The molecule has 76 valence electrons. The molecule has 0 aliphatic heterocycles. The molecule has 5 nitrogen and oxygen atoms in total. The van der Waals surface area contributed by atoms with Gasteiger partial charge in [0.15, 0.2) is 0 Å². The van der Waals surface area contributed by atoms with Crippen LogP contribution in [-0.2, 0) is 14.3 Å². The van der Waals surface area contributed by atoms with Crippen molar-refractivity contribution in [2.45, 2.75) is 12.1 Å². The topological polar surface area (TPSA) is 95.4 Å². The summed E-state index contributed by atoms with van der Waals surface area (Å²) in [6, 6.07) is -1.81. The molecule has 0 radical (unpaired) electrons. The summed E-state index contributed by atoms with van der Waals surface area (Å²) in [7, 11) is 0. The zero-order valence-electron chi connectivity index (χ0n) is 6.84. The fourth-order valence-electron chi connectivity index (χ4n) is 0.400. The summed E-state index contributed by atoms with van der Waals surface area (Å²) in [5.74, 6) is -1.42. The van der Waals surface area contributed by atoms with Crippen LogP contribution < -0.4 is 11.5 Å². The van der Waals surface area contributed by atoms with Crippen molar-refractivity contribution in [1.29, 1.82) is 0 Å². The second-order valence-electron chi connectivity index (χ2n) is 2.32. The number of hydrogen-bond donors (Lipinski definition) is 4. The third-order valence-electron chi connectivity index (χ3n) is 1.20. The van der Waals surface area contributed by atoms with Crippen LogP contribution >= 0.6 is 25.3 Å². The van der Waals surface area contributed by atoms with Gasteiger partial charge in [0.2, 0.25) is 0 Å². The highest BCUT2D eigenvalue weighted by molar-refractivity contribution is 7.80. The van der Waals surface area contributed by atoms with Gasteiger partial charge in [0.1, 0.15) is 12.1 Å². The van der Waals surface area contributed by atoms with E-state index in [1.54, 1.807) is 0 Å². The summed E-state index contributed by atoms with van der Waals surface area (Å²) in [4.78, 5) is 21.8. The minimum Gasteiger partial charge on any atom is -0.391 e. The lowest BCUT2D eigenvalue weighted by Gasteiger charge is -2.09. The summed E-state index contributed by atoms with van der Waals surface area (Å²) in [5.41, 5.74) is 10.5. The van der Waals surface area contributed by atoms with Crippen molar-refractivity contribution in [3.05, 3.63) is 0 Å². The maximum Gasteiger partial charge on any atom is 0.331 e. The normalized spacial score (nSPS) is 14.8. The van der Waals surface area contributed by atoms with Crippen LogP contribution in [0.15, 0.2) is 0 Å².